The first-order valence-corrected chi connectivity index (χ1v) is 8.50. The first kappa shape index (κ1) is 22.2. The van der Waals surface area contributed by atoms with E-state index in [4.69, 9.17) is 29.2 Å². The van der Waals surface area contributed by atoms with Crippen molar-refractivity contribution in [3.63, 3.8) is 0 Å². The molecule has 9 nitrogen and oxygen atoms in total. The molecule has 30 heavy (non-hydrogen) atoms. The molecule has 1 heterocycles. The molecule has 0 unspecified atom stereocenters. The van der Waals surface area contributed by atoms with Crippen molar-refractivity contribution in [2.45, 2.75) is 0 Å². The highest BCUT2D eigenvalue weighted by Crippen LogP contribution is 2.37. The molecule has 3 N–H and O–H groups in total. The number of hydrogen-bond acceptors (Lipinski definition) is 7. The van der Waals surface area contributed by atoms with Crippen LogP contribution in [0.4, 0.5) is 0 Å². The number of aliphatic carboxylic acids is 2. The highest BCUT2D eigenvalue weighted by molar-refractivity contribution is 5.86. The van der Waals surface area contributed by atoms with Gasteiger partial charge < -0.3 is 34.3 Å². The van der Waals surface area contributed by atoms with Crippen molar-refractivity contribution in [3.05, 3.63) is 53.6 Å². The highest BCUT2D eigenvalue weighted by Gasteiger charge is 2.12. The summed E-state index contributed by atoms with van der Waals surface area (Å²) in [7, 11) is 2.80. The van der Waals surface area contributed by atoms with Gasteiger partial charge in [-0.3, -0.25) is 0 Å². The van der Waals surface area contributed by atoms with E-state index in [9.17, 15) is 14.7 Å². The Hall–Kier alpha value is -4.14. The summed E-state index contributed by atoms with van der Waals surface area (Å²) in [5.41, 5.74) is 1.34. The largest absolute Gasteiger partial charge is 0.502 e. The van der Waals surface area contributed by atoms with Gasteiger partial charge in [-0.05, 0) is 47.5 Å². The van der Waals surface area contributed by atoms with E-state index in [1.165, 1.54) is 38.5 Å². The summed E-state index contributed by atoms with van der Waals surface area (Å²) in [4.78, 5) is 20.6. The van der Waals surface area contributed by atoms with Crippen LogP contribution in [0.15, 0.2) is 42.5 Å². The summed E-state index contributed by atoms with van der Waals surface area (Å²) in [6, 6.07) is 8.28. The van der Waals surface area contributed by atoms with E-state index in [0.717, 1.165) is 17.7 Å². The summed E-state index contributed by atoms with van der Waals surface area (Å²) in [5.74, 6) is -0.338. The van der Waals surface area contributed by atoms with E-state index in [0.29, 0.717) is 17.1 Å². The lowest BCUT2D eigenvalue weighted by atomic mass is 10.1. The van der Waals surface area contributed by atoms with E-state index >= 15 is 0 Å². The highest BCUT2D eigenvalue weighted by atomic mass is 16.7. The van der Waals surface area contributed by atoms with Gasteiger partial charge in [0.05, 0.1) is 14.2 Å². The number of methoxy groups -OCH3 is 2. The van der Waals surface area contributed by atoms with Crippen molar-refractivity contribution < 1.29 is 43.9 Å². The van der Waals surface area contributed by atoms with Gasteiger partial charge in [0.2, 0.25) is 12.5 Å². The molecule has 0 aliphatic carbocycles. The average molecular weight is 416 g/mol. The molecule has 3 rings (SSSR count). The number of carboxylic acid groups (broad SMARTS) is 2. The van der Waals surface area contributed by atoms with E-state index in [-0.39, 0.29) is 24.0 Å². The minimum atomic E-state index is -1.05. The molecule has 0 amide bonds. The summed E-state index contributed by atoms with van der Waals surface area (Å²) in [6.07, 6.45) is 4.96. The molecule has 158 valence electrons. The normalized spacial score (nSPS) is 11.8. The van der Waals surface area contributed by atoms with E-state index < -0.39 is 11.9 Å². The van der Waals surface area contributed by atoms with Crippen LogP contribution in [-0.4, -0.2) is 48.3 Å². The van der Waals surface area contributed by atoms with Gasteiger partial charge in [-0.2, -0.15) is 0 Å². The molecular formula is C21H20O9. The predicted octanol–water partition coefficient (Wildman–Crippen LogP) is 3.02. The number of ether oxygens (including phenoxy) is 4. The quantitative estimate of drug-likeness (QED) is 0.608. The Morgan fingerprint density at radius 3 is 1.93 bits per heavy atom. The molecule has 0 fully saturated rings. The smallest absolute Gasteiger partial charge is 0.328 e. The summed E-state index contributed by atoms with van der Waals surface area (Å²) in [5, 5.41) is 26.5. The third-order valence-corrected chi connectivity index (χ3v) is 3.74. The van der Waals surface area contributed by atoms with Crippen molar-refractivity contribution in [1.29, 1.82) is 0 Å². The molecule has 0 saturated carbocycles. The van der Waals surface area contributed by atoms with Crippen LogP contribution in [0.5, 0.6) is 28.7 Å². The lowest BCUT2D eigenvalue weighted by Gasteiger charge is -2.09. The molecule has 0 spiro atoms. The maximum absolute atomic E-state index is 10.3. The molecule has 9 heteroatoms. The van der Waals surface area contributed by atoms with Gasteiger partial charge in [0.1, 0.15) is 0 Å². The molecule has 1 aliphatic rings. The van der Waals surface area contributed by atoms with Crippen molar-refractivity contribution >= 4 is 24.1 Å². The Morgan fingerprint density at radius 1 is 0.867 bits per heavy atom. The number of benzene rings is 2. The van der Waals surface area contributed by atoms with E-state index in [2.05, 4.69) is 0 Å². The summed E-state index contributed by atoms with van der Waals surface area (Å²) < 4.78 is 20.1. The Morgan fingerprint density at radius 2 is 1.40 bits per heavy atom. The number of fused-ring (bicyclic) bond motifs is 1. The Labute approximate surface area is 172 Å². The number of hydrogen-bond donors (Lipinski definition) is 3. The van der Waals surface area contributed by atoms with Gasteiger partial charge in [-0.25, -0.2) is 9.59 Å². The number of carbonyl (C=O) groups is 2. The first-order valence-electron chi connectivity index (χ1n) is 8.50. The number of rotatable bonds is 6. The minimum Gasteiger partial charge on any atom is -0.502 e. The van der Waals surface area contributed by atoms with Crippen LogP contribution in [0.2, 0.25) is 0 Å². The van der Waals surface area contributed by atoms with E-state index in [1.54, 1.807) is 18.2 Å². The van der Waals surface area contributed by atoms with Crippen LogP contribution in [0, 0.1) is 0 Å². The van der Waals surface area contributed by atoms with Crippen LogP contribution < -0.4 is 18.9 Å². The molecule has 2 aromatic rings. The summed E-state index contributed by atoms with van der Waals surface area (Å²) >= 11 is 0. The van der Waals surface area contributed by atoms with Gasteiger partial charge in [0, 0.05) is 12.2 Å². The molecule has 0 radical (unpaired) electrons. The minimum absolute atomic E-state index is 0.113. The van der Waals surface area contributed by atoms with Crippen LogP contribution in [0.1, 0.15) is 11.1 Å². The van der Waals surface area contributed by atoms with Crippen molar-refractivity contribution in [2.24, 2.45) is 0 Å². The Balaban J connectivity index is 0.000000215. The predicted molar refractivity (Wildman–Crippen MR) is 107 cm³/mol. The maximum atomic E-state index is 10.3. The number of phenolic OH excluding ortho intramolecular Hbond substituents is 1. The van der Waals surface area contributed by atoms with Gasteiger partial charge in [0.15, 0.2) is 23.0 Å². The lowest BCUT2D eigenvalue weighted by molar-refractivity contribution is -0.132. The van der Waals surface area contributed by atoms with Crippen LogP contribution in [-0.2, 0) is 9.59 Å². The van der Waals surface area contributed by atoms with E-state index in [1.807, 2.05) is 0 Å². The van der Waals surface area contributed by atoms with Crippen molar-refractivity contribution in [2.75, 3.05) is 21.0 Å². The molecule has 0 atom stereocenters. The third-order valence-electron chi connectivity index (χ3n) is 3.74. The van der Waals surface area contributed by atoms with Crippen molar-refractivity contribution in [1.82, 2.24) is 0 Å². The second kappa shape index (κ2) is 10.4. The zero-order chi connectivity index (χ0) is 22.1. The Bertz CT molecular complexity index is 951. The second-order valence-corrected chi connectivity index (χ2v) is 5.73. The lowest BCUT2D eigenvalue weighted by Crippen LogP contribution is -1.92. The van der Waals surface area contributed by atoms with Crippen LogP contribution in [0.25, 0.3) is 12.2 Å². The Kier molecular flexibility index (Phi) is 7.69. The fraction of sp³-hybridized carbons (Fsp3) is 0.143. The fourth-order valence-electron chi connectivity index (χ4n) is 2.36. The zero-order valence-electron chi connectivity index (χ0n) is 16.2. The van der Waals surface area contributed by atoms with Crippen molar-refractivity contribution in [3.8, 4) is 28.7 Å². The maximum Gasteiger partial charge on any atom is 0.328 e. The molecule has 0 saturated heterocycles. The molecule has 0 aromatic heterocycles. The summed E-state index contributed by atoms with van der Waals surface area (Å²) in [6.45, 7) is 0.224. The van der Waals surface area contributed by atoms with Gasteiger partial charge >= 0.3 is 11.9 Å². The second-order valence-electron chi connectivity index (χ2n) is 5.73. The first-order chi connectivity index (χ1) is 14.3. The SMILES string of the molecule is COc1cc(C=CC(=O)O)cc(OC)c1O.O=C(O)C=Cc1ccc2c(c1)OCO2. The monoisotopic (exact) mass is 416 g/mol. The number of carboxylic acids is 2. The molecular weight excluding hydrogens is 396 g/mol. The standard InChI is InChI=1S/C11H12O5.C10H8O4/c1-15-8-5-7(3-4-10(12)13)6-9(16-2)11(8)14;11-10(12)4-2-7-1-3-8-9(5-7)14-6-13-8/h3-6,14H,1-2H3,(H,12,13);1-5H,6H2,(H,11,12). The molecule has 2 aromatic carbocycles. The van der Waals surface area contributed by atoms with Crippen LogP contribution in [0.3, 0.4) is 0 Å². The van der Waals surface area contributed by atoms with Gasteiger partial charge in [0.25, 0.3) is 0 Å². The topological polar surface area (TPSA) is 132 Å². The fourth-order valence-corrected chi connectivity index (χ4v) is 2.36. The third kappa shape index (κ3) is 6.20. The number of aromatic hydroxyl groups is 1. The average Bonchev–Trinajstić information content (AvgIpc) is 3.19. The molecule has 1 aliphatic heterocycles. The van der Waals surface area contributed by atoms with Crippen LogP contribution >= 0.6 is 0 Å². The zero-order valence-corrected chi connectivity index (χ0v) is 16.2. The van der Waals surface area contributed by atoms with Gasteiger partial charge in [-0.1, -0.05) is 6.07 Å². The number of phenols is 1. The molecule has 0 bridgehead atoms. The van der Waals surface area contributed by atoms with Gasteiger partial charge in [-0.15, -0.1) is 0 Å².